The number of halogens is 2. The molecule has 0 unspecified atom stereocenters. The Bertz CT molecular complexity index is 1240. The molecular formula is C22H24F2N4O6P+. The number of nitrogens with two attached hydrogens (primary N) is 2. The number of rotatable bonds is 12. The van der Waals surface area contributed by atoms with Gasteiger partial charge in [0, 0.05) is 30.8 Å². The smallest absolute Gasteiger partial charge is 0.471 e. The van der Waals surface area contributed by atoms with E-state index >= 15 is 0 Å². The summed E-state index contributed by atoms with van der Waals surface area (Å²) in [7, 11) is -4.51. The summed E-state index contributed by atoms with van der Waals surface area (Å²) in [6.45, 7) is -0.130. The molecule has 0 saturated carbocycles. The van der Waals surface area contributed by atoms with Crippen molar-refractivity contribution in [1.29, 1.82) is 0 Å². The summed E-state index contributed by atoms with van der Waals surface area (Å²) in [6.07, 6.45) is 6.50. The number of aromatic nitrogens is 2. The van der Waals surface area contributed by atoms with Gasteiger partial charge in [0.15, 0.2) is 18.3 Å². The van der Waals surface area contributed by atoms with Gasteiger partial charge in [-0.25, -0.2) is 22.9 Å². The van der Waals surface area contributed by atoms with Crippen LogP contribution in [0.5, 0.6) is 5.88 Å². The van der Waals surface area contributed by atoms with E-state index in [0.717, 1.165) is 0 Å². The molecule has 6 N–H and O–H groups in total. The Labute approximate surface area is 199 Å². The van der Waals surface area contributed by atoms with Crippen molar-refractivity contribution in [2.75, 3.05) is 13.3 Å². The van der Waals surface area contributed by atoms with Gasteiger partial charge in [-0.15, -0.1) is 0 Å². The van der Waals surface area contributed by atoms with Crippen LogP contribution < -0.4 is 15.8 Å². The second kappa shape index (κ2) is 12.5. The normalized spacial score (nSPS) is 12.4. The molecule has 13 heteroatoms. The molecule has 2 heterocycles. The van der Waals surface area contributed by atoms with Crippen molar-refractivity contribution in [1.82, 2.24) is 10.1 Å². The van der Waals surface area contributed by atoms with Gasteiger partial charge >= 0.3 is 7.82 Å². The Morgan fingerprint density at radius 1 is 1.23 bits per heavy atom. The van der Waals surface area contributed by atoms with Crippen LogP contribution in [0.4, 0.5) is 8.78 Å². The molecule has 1 aromatic carbocycles. The number of benzene rings is 1. The summed E-state index contributed by atoms with van der Waals surface area (Å²) in [5.41, 5.74) is 8.00. The third-order valence-corrected chi connectivity index (χ3v) is 4.98. The fourth-order valence-electron chi connectivity index (χ4n) is 2.90. The summed E-state index contributed by atoms with van der Waals surface area (Å²) in [5.74, 6) is -0.838. The summed E-state index contributed by atoms with van der Waals surface area (Å²) in [4.78, 5) is 21.2. The maximum absolute atomic E-state index is 14.4. The summed E-state index contributed by atoms with van der Waals surface area (Å²) >= 11 is 0. The topological polar surface area (TPSA) is 158 Å². The van der Waals surface area contributed by atoms with E-state index in [1.165, 1.54) is 42.0 Å². The van der Waals surface area contributed by atoms with Crippen molar-refractivity contribution < 1.29 is 42.2 Å². The minimum Gasteiger partial charge on any atom is -0.471 e. The van der Waals surface area contributed by atoms with Crippen LogP contribution in [0.1, 0.15) is 22.6 Å². The zero-order chi connectivity index (χ0) is 25.3. The molecule has 0 saturated heterocycles. The number of nitrogens with zero attached hydrogens (tertiary/aromatic N) is 2. The second-order valence-corrected chi connectivity index (χ2v) is 8.45. The third kappa shape index (κ3) is 8.80. The predicted octanol–water partition coefficient (Wildman–Crippen LogP) is 2.00. The highest BCUT2D eigenvalue weighted by Gasteiger charge is 2.14. The van der Waals surface area contributed by atoms with E-state index in [1.807, 2.05) is 0 Å². The van der Waals surface area contributed by atoms with Crippen molar-refractivity contribution in [3.63, 3.8) is 0 Å². The Kier molecular flexibility index (Phi) is 9.38. The molecule has 35 heavy (non-hydrogen) atoms. The van der Waals surface area contributed by atoms with Crippen molar-refractivity contribution in [2.45, 2.75) is 13.0 Å². The maximum atomic E-state index is 14.4. The zero-order valence-corrected chi connectivity index (χ0v) is 19.3. The lowest BCUT2D eigenvalue weighted by atomic mass is 10.1. The average Bonchev–Trinajstić information content (AvgIpc) is 3.25. The molecule has 10 nitrogen and oxygen atoms in total. The highest BCUT2D eigenvalue weighted by molar-refractivity contribution is 7.46. The van der Waals surface area contributed by atoms with Gasteiger partial charge in [0.25, 0.3) is 5.88 Å². The summed E-state index contributed by atoms with van der Waals surface area (Å²) in [6, 6.07) is 8.75. The Balaban J connectivity index is 1.57. The molecule has 0 atom stereocenters. The van der Waals surface area contributed by atoms with Crippen LogP contribution in [-0.2, 0) is 22.1 Å². The number of hydrogen-bond acceptors (Lipinski definition) is 7. The molecule has 2 aromatic heterocycles. The molecule has 3 aromatic rings. The zero-order valence-electron chi connectivity index (χ0n) is 18.4. The van der Waals surface area contributed by atoms with E-state index in [0.29, 0.717) is 28.2 Å². The van der Waals surface area contributed by atoms with Crippen molar-refractivity contribution in [2.24, 2.45) is 5.73 Å². The van der Waals surface area contributed by atoms with E-state index < -0.39 is 19.5 Å². The molecule has 186 valence electrons. The van der Waals surface area contributed by atoms with E-state index in [9.17, 15) is 13.3 Å². The van der Waals surface area contributed by atoms with Gasteiger partial charge in [-0.2, -0.15) is 0 Å². The predicted molar refractivity (Wildman–Crippen MR) is 120 cm³/mol. The quantitative estimate of drug-likeness (QED) is 0.124. The van der Waals surface area contributed by atoms with Crippen LogP contribution in [0.2, 0.25) is 0 Å². The number of hydrogen-bond donors (Lipinski definition) is 4. The lowest BCUT2D eigenvalue weighted by Gasteiger charge is -2.07. The van der Waals surface area contributed by atoms with E-state index in [2.05, 4.69) is 14.7 Å². The molecule has 0 fully saturated rings. The molecule has 0 aliphatic heterocycles. The largest absolute Gasteiger partial charge is 0.474 e. The van der Waals surface area contributed by atoms with Crippen LogP contribution in [0.15, 0.2) is 65.5 Å². The van der Waals surface area contributed by atoms with Gasteiger partial charge in [-0.3, -0.25) is 5.32 Å². The van der Waals surface area contributed by atoms with Crippen LogP contribution in [-0.4, -0.2) is 33.2 Å². The monoisotopic (exact) mass is 509 g/mol. The van der Waals surface area contributed by atoms with Crippen LogP contribution in [0, 0.1) is 11.6 Å². The van der Waals surface area contributed by atoms with Gasteiger partial charge in [0.05, 0.1) is 11.9 Å². The molecule has 0 radical (unpaired) electrons. The lowest BCUT2D eigenvalue weighted by molar-refractivity contribution is -0.617. The van der Waals surface area contributed by atoms with Crippen LogP contribution in [0.3, 0.4) is 0 Å². The number of phosphoric acid groups is 1. The highest BCUT2D eigenvalue weighted by Crippen LogP contribution is 2.34. The fourth-order valence-corrected chi connectivity index (χ4v) is 3.18. The van der Waals surface area contributed by atoms with Gasteiger partial charge in [-0.05, 0) is 41.5 Å². The van der Waals surface area contributed by atoms with Gasteiger partial charge in [0.2, 0.25) is 0 Å². The average molecular weight is 509 g/mol. The van der Waals surface area contributed by atoms with Gasteiger partial charge < -0.3 is 24.8 Å². The highest BCUT2D eigenvalue weighted by atomic mass is 31.2. The number of pyridine rings is 1. The molecule has 0 aliphatic rings. The van der Waals surface area contributed by atoms with Gasteiger partial charge in [0.1, 0.15) is 12.4 Å². The van der Waals surface area contributed by atoms with Crippen molar-refractivity contribution >= 4 is 13.4 Å². The molecule has 0 amide bonds. The number of allylic oxidation sites excluding steroid dienone is 2. The molecule has 3 rings (SSSR count). The van der Waals surface area contributed by atoms with Gasteiger partial charge in [-0.1, -0.05) is 17.3 Å². The number of ether oxygens (including phenoxy) is 1. The molecule has 0 aliphatic carbocycles. The third-order valence-electron chi connectivity index (χ3n) is 4.49. The van der Waals surface area contributed by atoms with E-state index in [1.54, 1.807) is 24.3 Å². The molecule has 0 spiro atoms. The summed E-state index contributed by atoms with van der Waals surface area (Å²) < 4.78 is 53.2. The van der Waals surface area contributed by atoms with Crippen LogP contribution in [0.25, 0.3) is 5.57 Å². The molecular weight excluding hydrogens is 485 g/mol. The van der Waals surface area contributed by atoms with E-state index in [4.69, 9.17) is 24.8 Å². The van der Waals surface area contributed by atoms with Crippen molar-refractivity contribution in [3.8, 4) is 5.88 Å². The minimum absolute atomic E-state index is 0.0230. The molecule has 0 bridgehead atoms. The summed E-state index contributed by atoms with van der Waals surface area (Å²) in [5, 5.41) is 5.39. The first-order valence-electron chi connectivity index (χ1n) is 10.3. The maximum Gasteiger partial charge on any atom is 0.474 e. The first-order chi connectivity index (χ1) is 16.7. The van der Waals surface area contributed by atoms with Crippen LogP contribution >= 0.6 is 7.82 Å². The van der Waals surface area contributed by atoms with Crippen molar-refractivity contribution in [3.05, 3.63) is 95.2 Å². The van der Waals surface area contributed by atoms with E-state index in [-0.39, 0.29) is 32.2 Å². The first kappa shape index (κ1) is 26.4. The number of quaternary nitrogens is 1. The first-order valence-corrected chi connectivity index (χ1v) is 11.8. The SMILES string of the molecule is NC/C(=C\C=C/[NH2+]COP(=O)(O)O)c1cc(Cc2cnc(OCc3cccc(F)c3)c(F)c2)no1. The Morgan fingerprint density at radius 2 is 2.06 bits per heavy atom. The Morgan fingerprint density at radius 3 is 2.77 bits per heavy atom. The Hall–Kier alpha value is -3.25. The number of phosphoric ester groups is 1. The standard InChI is InChI=1S/C22H23F2N4O6P/c23-18-5-1-3-15(7-18)13-32-22-20(24)9-16(12-27-22)8-19-10-21(34-28-19)17(11-25)4-2-6-26-14-33-35(29,30)31/h1-7,9-10,12,26H,8,11,13-14,25H2,(H2,29,30,31)/p+1/b6-2-,17-4+. The fraction of sp³-hybridized carbons (Fsp3) is 0.182. The minimum atomic E-state index is -4.51. The lowest BCUT2D eigenvalue weighted by Crippen LogP contribution is -2.78. The second-order valence-electron chi connectivity index (χ2n) is 7.21.